The van der Waals surface area contributed by atoms with Gasteiger partial charge in [0.05, 0.1) is 0 Å². The molecule has 1 heteroatoms. The van der Waals surface area contributed by atoms with E-state index < -0.39 is 0 Å². The molecule has 15 heavy (non-hydrogen) atoms. The van der Waals surface area contributed by atoms with Crippen LogP contribution < -0.4 is 0 Å². The van der Waals surface area contributed by atoms with Crippen LogP contribution in [-0.4, -0.2) is 24.0 Å². The van der Waals surface area contributed by atoms with Crippen molar-refractivity contribution in [1.82, 2.24) is 4.90 Å². The number of hydrogen-bond acceptors (Lipinski definition) is 1. The molecule has 2 rings (SSSR count). The Morgan fingerprint density at radius 2 is 2.13 bits per heavy atom. The van der Waals surface area contributed by atoms with Gasteiger partial charge in [-0.3, -0.25) is 4.90 Å². The molecular formula is C14H19N. The maximum absolute atomic E-state index is 3.82. The van der Waals surface area contributed by atoms with E-state index in [1.807, 2.05) is 6.08 Å². The molecule has 0 bridgehead atoms. The van der Waals surface area contributed by atoms with Crippen LogP contribution in [0.5, 0.6) is 0 Å². The Morgan fingerprint density at radius 3 is 2.87 bits per heavy atom. The Hall–Kier alpha value is -1.08. The van der Waals surface area contributed by atoms with Gasteiger partial charge < -0.3 is 0 Å². The van der Waals surface area contributed by atoms with Gasteiger partial charge in [0, 0.05) is 12.6 Å². The summed E-state index contributed by atoms with van der Waals surface area (Å²) in [6.07, 6.45) is 5.88. The first kappa shape index (κ1) is 10.4. The van der Waals surface area contributed by atoms with Crippen molar-refractivity contribution in [1.29, 1.82) is 0 Å². The highest BCUT2D eigenvalue weighted by Gasteiger charge is 2.22. The number of nitrogens with zero attached hydrogens (tertiary/aromatic N) is 1. The zero-order valence-corrected chi connectivity index (χ0v) is 9.23. The Morgan fingerprint density at radius 1 is 1.33 bits per heavy atom. The van der Waals surface area contributed by atoms with Crippen molar-refractivity contribution in [3.63, 3.8) is 0 Å². The van der Waals surface area contributed by atoms with Crippen molar-refractivity contribution in [2.75, 3.05) is 13.1 Å². The number of rotatable bonds is 4. The van der Waals surface area contributed by atoms with Crippen LogP contribution in [0.2, 0.25) is 0 Å². The molecule has 0 N–H and O–H groups in total. The molecule has 1 aromatic carbocycles. The number of hydrogen-bond donors (Lipinski definition) is 0. The van der Waals surface area contributed by atoms with E-state index in [2.05, 4.69) is 41.8 Å². The van der Waals surface area contributed by atoms with Gasteiger partial charge in [0.2, 0.25) is 0 Å². The predicted molar refractivity (Wildman–Crippen MR) is 64.9 cm³/mol. The quantitative estimate of drug-likeness (QED) is 0.677. The highest BCUT2D eigenvalue weighted by atomic mass is 15.2. The van der Waals surface area contributed by atoms with Crippen LogP contribution >= 0.6 is 0 Å². The molecule has 0 aliphatic carbocycles. The molecule has 1 nitrogen and oxygen atoms in total. The average molecular weight is 201 g/mol. The summed E-state index contributed by atoms with van der Waals surface area (Å²) in [5.74, 6) is 0. The zero-order valence-electron chi connectivity index (χ0n) is 9.23. The van der Waals surface area contributed by atoms with Gasteiger partial charge in [0.1, 0.15) is 0 Å². The molecule has 1 aliphatic rings. The number of benzene rings is 1. The lowest BCUT2D eigenvalue weighted by atomic mass is 10.0. The van der Waals surface area contributed by atoms with Crippen LogP contribution in [-0.2, 0) is 6.42 Å². The van der Waals surface area contributed by atoms with Crippen LogP contribution in [0.25, 0.3) is 0 Å². The fourth-order valence-corrected chi connectivity index (χ4v) is 2.42. The third kappa shape index (κ3) is 2.69. The lowest BCUT2D eigenvalue weighted by Crippen LogP contribution is -2.31. The Kier molecular flexibility index (Phi) is 3.57. The van der Waals surface area contributed by atoms with Gasteiger partial charge in [-0.25, -0.2) is 0 Å². The van der Waals surface area contributed by atoms with E-state index in [9.17, 15) is 0 Å². The van der Waals surface area contributed by atoms with Gasteiger partial charge in [-0.1, -0.05) is 36.4 Å². The van der Waals surface area contributed by atoms with E-state index in [1.54, 1.807) is 0 Å². The summed E-state index contributed by atoms with van der Waals surface area (Å²) in [5, 5.41) is 0. The van der Waals surface area contributed by atoms with Crippen molar-refractivity contribution in [3.05, 3.63) is 48.6 Å². The maximum atomic E-state index is 3.82. The molecule has 0 unspecified atom stereocenters. The summed E-state index contributed by atoms with van der Waals surface area (Å²) in [6.45, 7) is 6.10. The van der Waals surface area contributed by atoms with E-state index >= 15 is 0 Å². The Balaban J connectivity index is 1.96. The topological polar surface area (TPSA) is 3.24 Å². The van der Waals surface area contributed by atoms with Gasteiger partial charge in [-0.2, -0.15) is 0 Å². The first-order valence-electron chi connectivity index (χ1n) is 5.79. The van der Waals surface area contributed by atoms with Gasteiger partial charge in [-0.15, -0.1) is 6.58 Å². The lowest BCUT2D eigenvalue weighted by molar-refractivity contribution is 0.279. The molecule has 1 saturated heterocycles. The highest BCUT2D eigenvalue weighted by Crippen LogP contribution is 2.20. The van der Waals surface area contributed by atoms with Crippen LogP contribution in [0.1, 0.15) is 18.4 Å². The van der Waals surface area contributed by atoms with Crippen molar-refractivity contribution < 1.29 is 0 Å². The first-order valence-corrected chi connectivity index (χ1v) is 5.79. The second kappa shape index (κ2) is 5.13. The molecule has 1 fully saturated rings. The van der Waals surface area contributed by atoms with E-state index in [4.69, 9.17) is 0 Å². The van der Waals surface area contributed by atoms with Crippen molar-refractivity contribution in [3.8, 4) is 0 Å². The Labute approximate surface area is 92.4 Å². The minimum absolute atomic E-state index is 0.727. The standard InChI is InChI=1S/C14H19N/c1-2-10-15-11-6-9-14(15)12-13-7-4-3-5-8-13/h2-5,7-8,14H,1,6,9-12H2/t14-/m1/s1. The predicted octanol–water partition coefficient (Wildman–Crippen LogP) is 2.88. The van der Waals surface area contributed by atoms with E-state index in [0.717, 1.165) is 12.6 Å². The SMILES string of the molecule is C=CCN1CCC[C@@H]1Cc1ccccc1. The van der Waals surface area contributed by atoms with Gasteiger partial charge in [0.15, 0.2) is 0 Å². The van der Waals surface area contributed by atoms with Crippen LogP contribution in [0.3, 0.4) is 0 Å². The third-order valence-electron chi connectivity index (χ3n) is 3.18. The van der Waals surface area contributed by atoms with E-state index in [0.29, 0.717) is 0 Å². The zero-order chi connectivity index (χ0) is 10.5. The molecule has 1 heterocycles. The highest BCUT2D eigenvalue weighted by molar-refractivity contribution is 5.16. The summed E-state index contributed by atoms with van der Waals surface area (Å²) in [7, 11) is 0. The summed E-state index contributed by atoms with van der Waals surface area (Å²) in [4.78, 5) is 2.54. The normalized spacial score (nSPS) is 21.7. The largest absolute Gasteiger partial charge is 0.296 e. The third-order valence-corrected chi connectivity index (χ3v) is 3.18. The van der Waals surface area contributed by atoms with Gasteiger partial charge >= 0.3 is 0 Å². The smallest absolute Gasteiger partial charge is 0.0163 e. The first-order chi connectivity index (χ1) is 7.40. The summed E-state index contributed by atoms with van der Waals surface area (Å²) >= 11 is 0. The molecule has 1 aliphatic heterocycles. The molecule has 0 spiro atoms. The van der Waals surface area contributed by atoms with Crippen LogP contribution in [0.4, 0.5) is 0 Å². The number of likely N-dealkylation sites (tertiary alicyclic amines) is 1. The van der Waals surface area contributed by atoms with Crippen LogP contribution in [0.15, 0.2) is 43.0 Å². The van der Waals surface area contributed by atoms with Crippen LogP contribution in [0, 0.1) is 0 Å². The lowest BCUT2D eigenvalue weighted by Gasteiger charge is -2.22. The van der Waals surface area contributed by atoms with Crippen molar-refractivity contribution in [2.45, 2.75) is 25.3 Å². The molecule has 1 aromatic rings. The molecule has 0 saturated carbocycles. The second-order valence-electron chi connectivity index (χ2n) is 4.27. The summed E-state index contributed by atoms with van der Waals surface area (Å²) in [6, 6.07) is 11.5. The molecule has 0 amide bonds. The maximum Gasteiger partial charge on any atom is 0.0163 e. The molecule has 0 radical (unpaired) electrons. The second-order valence-corrected chi connectivity index (χ2v) is 4.27. The molecule has 1 atom stereocenters. The van der Waals surface area contributed by atoms with Gasteiger partial charge in [0.25, 0.3) is 0 Å². The molecular weight excluding hydrogens is 182 g/mol. The van der Waals surface area contributed by atoms with Gasteiger partial charge in [-0.05, 0) is 31.4 Å². The Bertz CT molecular complexity index is 304. The van der Waals surface area contributed by atoms with Crippen molar-refractivity contribution in [2.24, 2.45) is 0 Å². The minimum atomic E-state index is 0.727. The summed E-state index contributed by atoms with van der Waals surface area (Å²) < 4.78 is 0. The molecule has 80 valence electrons. The van der Waals surface area contributed by atoms with Crippen molar-refractivity contribution >= 4 is 0 Å². The fraction of sp³-hybridized carbons (Fsp3) is 0.429. The minimum Gasteiger partial charge on any atom is -0.296 e. The van der Waals surface area contributed by atoms with E-state index in [1.165, 1.54) is 31.4 Å². The fourth-order valence-electron chi connectivity index (χ4n) is 2.42. The molecule has 0 aromatic heterocycles. The monoisotopic (exact) mass is 201 g/mol. The average Bonchev–Trinajstić information content (AvgIpc) is 2.68. The van der Waals surface area contributed by atoms with E-state index in [-0.39, 0.29) is 0 Å². The summed E-state index contributed by atoms with van der Waals surface area (Å²) in [5.41, 5.74) is 1.46.